The Labute approximate surface area is 80.6 Å². The van der Waals surface area contributed by atoms with Crippen LogP contribution in [0.5, 0.6) is 0 Å². The van der Waals surface area contributed by atoms with E-state index in [-0.39, 0.29) is 0 Å². The summed E-state index contributed by atoms with van der Waals surface area (Å²) >= 11 is 0. The second-order valence-electron chi connectivity index (χ2n) is 3.32. The molecule has 0 fully saturated rings. The number of hydrogen-bond donors (Lipinski definition) is 2. The highest BCUT2D eigenvalue weighted by Gasteiger charge is 2.01. The van der Waals surface area contributed by atoms with Crippen LogP contribution in [0.25, 0.3) is 21.8 Å². The fourth-order valence-corrected chi connectivity index (χ4v) is 1.74. The van der Waals surface area contributed by atoms with Gasteiger partial charge >= 0.3 is 0 Å². The van der Waals surface area contributed by atoms with Gasteiger partial charge in [0.15, 0.2) is 0 Å². The normalized spacial score (nSPS) is 11.1. The zero-order valence-electron chi connectivity index (χ0n) is 7.49. The van der Waals surface area contributed by atoms with E-state index in [4.69, 9.17) is 5.73 Å². The smallest absolute Gasteiger partial charge is 0.100 e. The van der Waals surface area contributed by atoms with Gasteiger partial charge in [-0.1, -0.05) is 6.07 Å². The van der Waals surface area contributed by atoms with Crippen LogP contribution in [0.4, 0.5) is 5.82 Å². The summed E-state index contributed by atoms with van der Waals surface area (Å²) in [6, 6.07) is 9.92. The van der Waals surface area contributed by atoms with Gasteiger partial charge in [-0.25, -0.2) is 0 Å². The maximum Gasteiger partial charge on any atom is 0.100 e. The number of pyridine rings is 1. The molecular formula is C11H9N3. The van der Waals surface area contributed by atoms with E-state index in [1.54, 1.807) is 0 Å². The van der Waals surface area contributed by atoms with Gasteiger partial charge in [0.1, 0.15) is 5.82 Å². The van der Waals surface area contributed by atoms with E-state index >= 15 is 0 Å². The summed E-state index contributed by atoms with van der Waals surface area (Å²) in [5.74, 6) is 0.670. The third-order valence-electron chi connectivity index (χ3n) is 2.41. The number of nitrogens with zero attached hydrogens (tertiary/aromatic N) is 1. The fourth-order valence-electron chi connectivity index (χ4n) is 1.74. The SMILES string of the molecule is Nc1ccc2c(ccc3ccnc32)[nH]1. The lowest BCUT2D eigenvalue weighted by atomic mass is 10.1. The molecule has 3 nitrogen and oxygen atoms in total. The molecule has 0 unspecified atom stereocenters. The second kappa shape index (κ2) is 2.48. The Balaban J connectivity index is 2.57. The highest BCUT2D eigenvalue weighted by molar-refractivity contribution is 6.04. The van der Waals surface area contributed by atoms with Crippen LogP contribution in [0, 0.1) is 0 Å². The number of anilines is 1. The van der Waals surface area contributed by atoms with Crippen LogP contribution < -0.4 is 5.73 Å². The lowest BCUT2D eigenvalue weighted by molar-refractivity contribution is 1.41. The van der Waals surface area contributed by atoms with Crippen molar-refractivity contribution in [3.8, 4) is 0 Å². The topological polar surface area (TPSA) is 54.7 Å². The number of nitrogens with two attached hydrogens (primary N) is 1. The molecule has 0 bridgehead atoms. The molecule has 0 aliphatic carbocycles. The molecular weight excluding hydrogens is 174 g/mol. The first kappa shape index (κ1) is 7.38. The van der Waals surface area contributed by atoms with Crippen molar-refractivity contribution < 1.29 is 0 Å². The van der Waals surface area contributed by atoms with Crippen LogP contribution in [0.15, 0.2) is 36.5 Å². The molecule has 3 aromatic rings. The van der Waals surface area contributed by atoms with Crippen LogP contribution in [-0.4, -0.2) is 9.97 Å². The third kappa shape index (κ3) is 0.893. The van der Waals surface area contributed by atoms with E-state index in [1.807, 2.05) is 36.5 Å². The number of aromatic nitrogens is 2. The minimum Gasteiger partial charge on any atom is -0.385 e. The average Bonchev–Trinajstić information content (AvgIpc) is 2.65. The molecule has 3 rings (SSSR count). The largest absolute Gasteiger partial charge is 0.385 e. The van der Waals surface area contributed by atoms with Gasteiger partial charge in [-0.05, 0) is 24.3 Å². The van der Waals surface area contributed by atoms with Crippen molar-refractivity contribution in [2.45, 2.75) is 0 Å². The predicted octanol–water partition coefficient (Wildman–Crippen LogP) is 2.30. The first-order valence-electron chi connectivity index (χ1n) is 4.46. The Kier molecular flexibility index (Phi) is 1.31. The summed E-state index contributed by atoms with van der Waals surface area (Å²) in [6.07, 6.45) is 1.82. The molecule has 3 heteroatoms. The summed E-state index contributed by atoms with van der Waals surface area (Å²) in [4.78, 5) is 7.43. The van der Waals surface area contributed by atoms with Gasteiger partial charge in [0.2, 0.25) is 0 Å². The van der Waals surface area contributed by atoms with Gasteiger partial charge in [-0.15, -0.1) is 0 Å². The highest BCUT2D eigenvalue weighted by atomic mass is 14.8. The van der Waals surface area contributed by atoms with E-state index < -0.39 is 0 Å². The van der Waals surface area contributed by atoms with Crippen molar-refractivity contribution in [2.24, 2.45) is 0 Å². The average molecular weight is 183 g/mol. The molecule has 0 saturated carbocycles. The number of rotatable bonds is 0. The van der Waals surface area contributed by atoms with Crippen molar-refractivity contribution in [3.05, 3.63) is 36.5 Å². The highest BCUT2D eigenvalue weighted by Crippen LogP contribution is 2.23. The standard InChI is InChI=1S/C11H9N3/c12-10-4-2-8-9(14-10)3-1-7-5-6-13-11(7)8/h1-6,14H,12H2. The molecule has 68 valence electrons. The number of H-pyrrole nitrogens is 1. The van der Waals surface area contributed by atoms with Crippen molar-refractivity contribution >= 4 is 27.6 Å². The summed E-state index contributed by atoms with van der Waals surface area (Å²) in [5.41, 5.74) is 7.72. The number of benzene rings is 1. The molecule has 0 aliphatic rings. The first-order chi connectivity index (χ1) is 6.84. The van der Waals surface area contributed by atoms with Crippen LogP contribution >= 0.6 is 0 Å². The van der Waals surface area contributed by atoms with Gasteiger partial charge < -0.3 is 10.7 Å². The molecule has 2 aromatic heterocycles. The second-order valence-corrected chi connectivity index (χ2v) is 3.32. The van der Waals surface area contributed by atoms with Gasteiger partial charge in [0.25, 0.3) is 0 Å². The molecule has 2 heterocycles. The lowest BCUT2D eigenvalue weighted by Crippen LogP contribution is -1.89. The fraction of sp³-hybridized carbons (Fsp3) is 0. The van der Waals surface area contributed by atoms with E-state index in [0.29, 0.717) is 5.82 Å². The number of aromatic amines is 1. The molecule has 0 amide bonds. The van der Waals surface area contributed by atoms with Crippen molar-refractivity contribution in [2.75, 3.05) is 5.73 Å². The van der Waals surface area contributed by atoms with Crippen LogP contribution in [0.2, 0.25) is 0 Å². The monoisotopic (exact) mass is 183 g/mol. The molecule has 0 saturated heterocycles. The molecule has 14 heavy (non-hydrogen) atoms. The summed E-state index contributed by atoms with van der Waals surface area (Å²) in [5, 5.41) is 2.28. The van der Waals surface area contributed by atoms with Gasteiger partial charge in [-0.3, -0.25) is 4.98 Å². The van der Waals surface area contributed by atoms with Crippen molar-refractivity contribution in [1.82, 2.24) is 9.97 Å². The van der Waals surface area contributed by atoms with Crippen molar-refractivity contribution in [3.63, 3.8) is 0 Å². The maximum atomic E-state index is 5.67. The maximum absolute atomic E-state index is 5.67. The van der Waals surface area contributed by atoms with Gasteiger partial charge in [-0.2, -0.15) is 0 Å². The van der Waals surface area contributed by atoms with E-state index in [9.17, 15) is 0 Å². The Morgan fingerprint density at radius 3 is 2.93 bits per heavy atom. The Hall–Kier alpha value is -2.03. The Bertz CT molecular complexity index is 610. The van der Waals surface area contributed by atoms with Gasteiger partial charge in [0, 0.05) is 22.5 Å². The Morgan fingerprint density at radius 1 is 1.07 bits per heavy atom. The van der Waals surface area contributed by atoms with Gasteiger partial charge in [0.05, 0.1) is 5.52 Å². The van der Waals surface area contributed by atoms with E-state index in [2.05, 4.69) is 9.97 Å². The summed E-state index contributed by atoms with van der Waals surface area (Å²) in [7, 11) is 0. The third-order valence-corrected chi connectivity index (χ3v) is 2.41. The zero-order valence-corrected chi connectivity index (χ0v) is 7.49. The number of fused-ring (bicyclic) bond motifs is 3. The first-order valence-corrected chi connectivity index (χ1v) is 4.46. The zero-order chi connectivity index (χ0) is 9.54. The minimum absolute atomic E-state index is 0.670. The molecule has 0 aliphatic heterocycles. The van der Waals surface area contributed by atoms with Crippen LogP contribution in [0.1, 0.15) is 0 Å². The van der Waals surface area contributed by atoms with E-state index in [1.165, 1.54) is 0 Å². The van der Waals surface area contributed by atoms with Crippen LogP contribution in [0.3, 0.4) is 0 Å². The summed E-state index contributed by atoms with van der Waals surface area (Å²) in [6.45, 7) is 0. The minimum atomic E-state index is 0.670. The molecule has 0 spiro atoms. The Morgan fingerprint density at radius 2 is 2.00 bits per heavy atom. The molecule has 0 radical (unpaired) electrons. The number of hydrogen-bond acceptors (Lipinski definition) is 2. The molecule has 1 aromatic carbocycles. The molecule has 3 N–H and O–H groups in total. The lowest BCUT2D eigenvalue weighted by Gasteiger charge is -2.01. The quantitative estimate of drug-likeness (QED) is 0.561. The number of nitrogen functional groups attached to an aromatic ring is 1. The summed E-state index contributed by atoms with van der Waals surface area (Å²) < 4.78 is 0. The van der Waals surface area contributed by atoms with Crippen molar-refractivity contribution in [1.29, 1.82) is 0 Å². The predicted molar refractivity (Wildman–Crippen MR) is 58.0 cm³/mol. The van der Waals surface area contributed by atoms with E-state index in [0.717, 1.165) is 21.8 Å². The van der Waals surface area contributed by atoms with Crippen LogP contribution in [-0.2, 0) is 0 Å². The molecule has 0 atom stereocenters. The number of nitrogens with one attached hydrogen (secondary N) is 1.